The van der Waals surface area contributed by atoms with Crippen molar-refractivity contribution in [1.82, 2.24) is 30.0 Å². The molecule has 0 aliphatic carbocycles. The fourth-order valence-electron chi connectivity index (χ4n) is 7.31. The zero-order chi connectivity index (χ0) is 31.8. The summed E-state index contributed by atoms with van der Waals surface area (Å²) in [5.74, 6) is -0.636. The molecule has 1 atom stereocenters. The summed E-state index contributed by atoms with van der Waals surface area (Å²) in [6.45, 7) is 5.14. The van der Waals surface area contributed by atoms with Gasteiger partial charge in [-0.15, -0.1) is 0 Å². The molecule has 12 nitrogen and oxygen atoms in total. The van der Waals surface area contributed by atoms with E-state index in [9.17, 15) is 9.90 Å². The van der Waals surface area contributed by atoms with E-state index in [0.717, 1.165) is 38.8 Å². The van der Waals surface area contributed by atoms with E-state index in [1.54, 1.807) is 18.5 Å². The molecule has 1 aromatic carbocycles. The minimum absolute atomic E-state index is 0.0447. The molecule has 1 unspecified atom stereocenters. The molecule has 0 amide bonds. The Balaban J connectivity index is 1.36. The van der Waals surface area contributed by atoms with Crippen molar-refractivity contribution in [1.29, 1.82) is 0 Å². The molecule has 46 heavy (non-hydrogen) atoms. The number of benzene rings is 1. The minimum Gasteiger partial charge on any atom is -0.461 e. The number of carbonyl (C=O) groups is 1. The third-order valence-electron chi connectivity index (χ3n) is 9.41. The number of rotatable bonds is 9. The van der Waals surface area contributed by atoms with Gasteiger partial charge < -0.3 is 24.2 Å². The highest BCUT2D eigenvalue weighted by molar-refractivity contribution is 6.33. The molecule has 3 aromatic heterocycles. The van der Waals surface area contributed by atoms with Gasteiger partial charge in [0, 0.05) is 42.2 Å². The van der Waals surface area contributed by atoms with Gasteiger partial charge in [-0.2, -0.15) is 15.1 Å². The van der Waals surface area contributed by atoms with E-state index < -0.39 is 17.9 Å². The molecule has 3 aliphatic heterocycles. The zero-order valence-electron chi connectivity index (χ0n) is 25.7. The molecule has 14 heteroatoms. The Bertz CT molecular complexity index is 1760. The first-order chi connectivity index (χ1) is 22.4. The number of halogens is 2. The van der Waals surface area contributed by atoms with Gasteiger partial charge >= 0.3 is 12.0 Å². The van der Waals surface area contributed by atoms with Crippen LogP contribution < -0.4 is 9.64 Å². The van der Waals surface area contributed by atoms with Gasteiger partial charge in [-0.3, -0.25) is 19.8 Å². The quantitative estimate of drug-likeness (QED) is 0.253. The molecule has 7 rings (SSSR count). The van der Waals surface area contributed by atoms with E-state index in [0.29, 0.717) is 77.4 Å². The molecule has 3 fully saturated rings. The second-order valence-corrected chi connectivity index (χ2v) is 12.7. The van der Waals surface area contributed by atoms with Crippen LogP contribution in [0.25, 0.3) is 33.1 Å². The summed E-state index contributed by atoms with van der Waals surface area (Å²) in [4.78, 5) is 30.3. The first kappa shape index (κ1) is 31.0. The number of aliphatic hydroxyl groups is 1. The van der Waals surface area contributed by atoms with Gasteiger partial charge in [-0.05, 0) is 63.2 Å². The number of H-pyrrole nitrogens is 1. The van der Waals surface area contributed by atoms with Crippen LogP contribution in [0.5, 0.6) is 6.01 Å². The number of hydrogen-bond acceptors (Lipinski definition) is 11. The molecule has 244 valence electrons. The van der Waals surface area contributed by atoms with Crippen molar-refractivity contribution in [3.8, 4) is 17.3 Å². The van der Waals surface area contributed by atoms with Gasteiger partial charge in [0.15, 0.2) is 5.82 Å². The minimum atomic E-state index is -0.648. The summed E-state index contributed by atoms with van der Waals surface area (Å²) in [6, 6.07) is 1.82. The molecule has 0 bridgehead atoms. The average Bonchev–Trinajstić information content (AvgIpc) is 3.72. The molecular weight excluding hydrogens is 617 g/mol. The summed E-state index contributed by atoms with van der Waals surface area (Å²) in [7, 11) is 0. The van der Waals surface area contributed by atoms with Crippen molar-refractivity contribution >= 4 is 45.2 Å². The lowest BCUT2D eigenvalue weighted by molar-refractivity contribution is -0.148. The second kappa shape index (κ2) is 12.9. The maximum Gasteiger partial charge on any atom is 0.319 e. The van der Waals surface area contributed by atoms with Gasteiger partial charge in [-0.1, -0.05) is 11.6 Å². The number of nitrogens with zero attached hydrogens (tertiary/aromatic N) is 6. The summed E-state index contributed by atoms with van der Waals surface area (Å²) in [6.07, 6.45) is 7.81. The van der Waals surface area contributed by atoms with Crippen LogP contribution in [0, 0.1) is 5.82 Å². The third-order valence-corrected chi connectivity index (χ3v) is 9.75. The van der Waals surface area contributed by atoms with Crippen LogP contribution in [0.3, 0.4) is 0 Å². The second-order valence-electron chi connectivity index (χ2n) is 12.3. The monoisotopic (exact) mass is 653 g/mol. The van der Waals surface area contributed by atoms with Crippen molar-refractivity contribution in [2.75, 3.05) is 57.5 Å². The normalized spacial score (nSPS) is 19.9. The largest absolute Gasteiger partial charge is 0.461 e. The number of anilines is 1. The number of esters is 1. The lowest BCUT2D eigenvalue weighted by atomic mass is 9.95. The van der Waals surface area contributed by atoms with E-state index in [-0.39, 0.29) is 36.0 Å². The number of aliphatic hydroxyl groups excluding tert-OH is 1. The van der Waals surface area contributed by atoms with Crippen LogP contribution in [0.15, 0.2) is 18.5 Å². The summed E-state index contributed by atoms with van der Waals surface area (Å²) < 4.78 is 34.6. The van der Waals surface area contributed by atoms with Crippen LogP contribution >= 0.6 is 11.6 Å². The van der Waals surface area contributed by atoms with Gasteiger partial charge in [0.05, 0.1) is 42.4 Å². The number of pyridine rings is 1. The first-order valence-corrected chi connectivity index (χ1v) is 16.2. The molecule has 0 radical (unpaired) electrons. The lowest BCUT2D eigenvalue weighted by Gasteiger charge is -2.31. The van der Waals surface area contributed by atoms with Crippen molar-refractivity contribution in [3.63, 3.8) is 0 Å². The van der Waals surface area contributed by atoms with E-state index in [2.05, 4.69) is 25.1 Å². The Hall–Kier alpha value is -3.65. The zero-order valence-corrected chi connectivity index (χ0v) is 26.5. The summed E-state index contributed by atoms with van der Waals surface area (Å²) in [5.41, 5.74) is 1.86. The Morgan fingerprint density at radius 1 is 1.22 bits per heavy atom. The molecular formula is C32H37ClFN7O5. The molecule has 0 spiro atoms. The van der Waals surface area contributed by atoms with E-state index in [1.807, 2.05) is 4.90 Å². The fraction of sp³-hybridized carbons (Fsp3) is 0.531. The molecule has 3 saturated heterocycles. The number of fused-ring (bicyclic) bond motifs is 3. The van der Waals surface area contributed by atoms with E-state index in [4.69, 9.17) is 30.8 Å². The number of nitrogens with one attached hydrogen (secondary N) is 1. The van der Waals surface area contributed by atoms with Gasteiger partial charge in [0.1, 0.15) is 29.7 Å². The SMILES string of the molecule is CC(=O)OC1COCCN(c2nc(OCC34CCCN3CCC4)nc3c(F)c(-c4c(CCCO)c(Cl)cc5[nH]ncc45)ncc23)C1. The highest BCUT2D eigenvalue weighted by Crippen LogP contribution is 2.41. The Kier molecular flexibility index (Phi) is 8.66. The molecule has 0 saturated carbocycles. The Labute approximate surface area is 270 Å². The Morgan fingerprint density at radius 2 is 2.04 bits per heavy atom. The molecule has 2 N–H and O–H groups in total. The topological polar surface area (TPSA) is 139 Å². The fourth-order valence-corrected chi connectivity index (χ4v) is 7.61. The van der Waals surface area contributed by atoms with Crippen molar-refractivity contribution < 1.29 is 28.5 Å². The highest BCUT2D eigenvalue weighted by atomic mass is 35.5. The first-order valence-electron chi connectivity index (χ1n) is 15.9. The molecule has 4 aromatic rings. The lowest BCUT2D eigenvalue weighted by Crippen LogP contribution is -2.43. The number of ether oxygens (including phenoxy) is 3. The van der Waals surface area contributed by atoms with Crippen LogP contribution in [-0.4, -0.2) is 105 Å². The predicted octanol–water partition coefficient (Wildman–Crippen LogP) is 4.06. The Morgan fingerprint density at radius 3 is 2.83 bits per heavy atom. The number of carbonyl (C=O) groups excluding carboxylic acids is 1. The highest BCUT2D eigenvalue weighted by Gasteiger charge is 2.45. The number of aromatic amines is 1. The van der Waals surface area contributed by atoms with Gasteiger partial charge in [-0.25, -0.2) is 4.39 Å². The maximum absolute atomic E-state index is 17.0. The number of hydrogen-bond donors (Lipinski definition) is 2. The summed E-state index contributed by atoms with van der Waals surface area (Å²) >= 11 is 6.70. The van der Waals surface area contributed by atoms with Crippen LogP contribution in [0.2, 0.25) is 5.02 Å². The average molecular weight is 654 g/mol. The molecule has 6 heterocycles. The van der Waals surface area contributed by atoms with Crippen LogP contribution in [0.1, 0.15) is 44.6 Å². The number of aromatic nitrogens is 5. The van der Waals surface area contributed by atoms with Crippen molar-refractivity contribution in [2.24, 2.45) is 0 Å². The maximum atomic E-state index is 17.0. The van der Waals surface area contributed by atoms with E-state index in [1.165, 1.54) is 6.92 Å². The smallest absolute Gasteiger partial charge is 0.319 e. The van der Waals surface area contributed by atoms with Crippen molar-refractivity contribution in [2.45, 2.75) is 57.1 Å². The van der Waals surface area contributed by atoms with Crippen LogP contribution in [0.4, 0.5) is 10.2 Å². The van der Waals surface area contributed by atoms with Crippen LogP contribution in [-0.2, 0) is 20.7 Å². The predicted molar refractivity (Wildman–Crippen MR) is 170 cm³/mol. The van der Waals surface area contributed by atoms with Crippen molar-refractivity contribution in [3.05, 3.63) is 34.9 Å². The van der Waals surface area contributed by atoms with Gasteiger partial charge in [0.25, 0.3) is 0 Å². The van der Waals surface area contributed by atoms with Gasteiger partial charge in [0.2, 0.25) is 0 Å². The van der Waals surface area contributed by atoms with E-state index >= 15 is 4.39 Å². The standard InChI is InChI=1S/C32H37ClFN7O5/c1-19(43)46-20-16-40(10-12-44-17-20)30-23-14-35-29(26-21(5-2-11-42)24(33)13-25-22(26)15-36-39-25)27(34)28(23)37-31(38-30)45-18-32-6-3-8-41(32)9-4-7-32/h13-15,20,42H,2-12,16-18H2,1H3,(H,36,39). The molecule has 3 aliphatic rings. The third kappa shape index (κ3) is 5.74. The summed E-state index contributed by atoms with van der Waals surface area (Å²) in [5, 5.41) is 18.1.